The number of nitrogens with zero attached hydrogens (tertiary/aromatic N) is 1. The average molecular weight is 506 g/mol. The lowest BCUT2D eigenvalue weighted by atomic mass is 9.59. The maximum atomic E-state index is 14.8. The van der Waals surface area contributed by atoms with Crippen molar-refractivity contribution in [3.05, 3.63) is 47.9 Å². The SMILES string of the molecule is CC1=C[C@]23C(=O)[C@@H](C=C4COC(C)(C)O[C@H]4[C@]2(O)[C@H]1Oc1nccc2occc12)[C@H]1[C@@H](C[C@H]3C)C1(C)C. The van der Waals surface area contributed by atoms with Gasteiger partial charge in [-0.2, -0.15) is 0 Å². The monoisotopic (exact) mass is 505 g/mol. The molecule has 0 radical (unpaired) electrons. The summed E-state index contributed by atoms with van der Waals surface area (Å²) >= 11 is 0. The van der Waals surface area contributed by atoms with Crippen molar-refractivity contribution in [2.45, 2.75) is 71.6 Å². The first-order chi connectivity index (χ1) is 17.4. The third kappa shape index (κ3) is 2.83. The maximum absolute atomic E-state index is 14.8. The van der Waals surface area contributed by atoms with Crippen LogP contribution in [0.4, 0.5) is 0 Å². The Morgan fingerprint density at radius 1 is 1.19 bits per heavy atom. The molecular formula is C30H35NO6. The predicted octanol–water partition coefficient (Wildman–Crippen LogP) is 4.84. The number of Topliss-reactive ketones (excluding diaryl/α,β-unsaturated/α-hetero) is 1. The van der Waals surface area contributed by atoms with E-state index < -0.39 is 29.0 Å². The van der Waals surface area contributed by atoms with Gasteiger partial charge in [-0.15, -0.1) is 0 Å². The van der Waals surface area contributed by atoms with Crippen LogP contribution in [0.3, 0.4) is 0 Å². The van der Waals surface area contributed by atoms with Gasteiger partial charge >= 0.3 is 0 Å². The van der Waals surface area contributed by atoms with Crippen LogP contribution in [0.15, 0.2) is 52.3 Å². The van der Waals surface area contributed by atoms with E-state index in [2.05, 4.69) is 31.8 Å². The van der Waals surface area contributed by atoms with E-state index in [9.17, 15) is 9.90 Å². The first-order valence-corrected chi connectivity index (χ1v) is 13.4. The molecule has 0 amide bonds. The quantitative estimate of drug-likeness (QED) is 0.584. The van der Waals surface area contributed by atoms with Crippen LogP contribution >= 0.6 is 0 Å². The van der Waals surface area contributed by atoms with E-state index in [-0.39, 0.29) is 29.0 Å². The van der Waals surface area contributed by atoms with Gasteiger partial charge in [-0.25, -0.2) is 4.98 Å². The molecule has 0 aromatic carbocycles. The number of carbonyl (C=O) groups excluding carboxylic acids is 1. The number of furan rings is 1. The molecule has 4 aliphatic carbocycles. The Hall–Kier alpha value is -2.48. The van der Waals surface area contributed by atoms with Crippen molar-refractivity contribution in [3.63, 3.8) is 0 Å². The molecule has 196 valence electrons. The summed E-state index contributed by atoms with van der Waals surface area (Å²) in [5.74, 6) is -0.234. The van der Waals surface area contributed by atoms with Crippen LogP contribution in [0, 0.1) is 34.5 Å². The summed E-state index contributed by atoms with van der Waals surface area (Å²) in [4.78, 5) is 19.3. The highest BCUT2D eigenvalue weighted by Gasteiger charge is 2.77. The first-order valence-electron chi connectivity index (χ1n) is 13.4. The van der Waals surface area contributed by atoms with Gasteiger partial charge in [-0.05, 0) is 73.6 Å². The largest absolute Gasteiger partial charge is 0.466 e. The number of ketones is 1. The van der Waals surface area contributed by atoms with Crippen molar-refractivity contribution < 1.29 is 28.5 Å². The minimum Gasteiger partial charge on any atom is -0.466 e. The van der Waals surface area contributed by atoms with Gasteiger partial charge in [0.25, 0.3) is 0 Å². The number of pyridine rings is 1. The van der Waals surface area contributed by atoms with E-state index in [1.54, 1.807) is 18.5 Å². The molecule has 2 aromatic heterocycles. The zero-order valence-electron chi connectivity index (χ0n) is 22.3. The van der Waals surface area contributed by atoms with Crippen LogP contribution in [0.2, 0.25) is 0 Å². The van der Waals surface area contributed by atoms with Crippen molar-refractivity contribution in [3.8, 4) is 5.88 Å². The van der Waals surface area contributed by atoms with Crippen molar-refractivity contribution >= 4 is 16.8 Å². The van der Waals surface area contributed by atoms with Crippen LogP contribution in [-0.4, -0.2) is 46.1 Å². The molecule has 2 aromatic rings. The second kappa shape index (κ2) is 7.13. The highest BCUT2D eigenvalue weighted by Crippen LogP contribution is 2.72. The molecule has 8 atom stereocenters. The zero-order valence-corrected chi connectivity index (χ0v) is 22.3. The van der Waals surface area contributed by atoms with E-state index >= 15 is 0 Å². The Bertz CT molecular complexity index is 1390. The average Bonchev–Trinajstić information content (AvgIpc) is 3.13. The van der Waals surface area contributed by atoms with E-state index in [1.807, 2.05) is 32.9 Å². The van der Waals surface area contributed by atoms with Gasteiger partial charge in [-0.1, -0.05) is 32.9 Å². The molecule has 0 unspecified atom stereocenters. The topological polar surface area (TPSA) is 91.0 Å². The highest BCUT2D eigenvalue weighted by atomic mass is 16.7. The lowest BCUT2D eigenvalue weighted by Gasteiger charge is -2.52. The van der Waals surface area contributed by atoms with E-state index in [4.69, 9.17) is 18.6 Å². The molecule has 7 nitrogen and oxygen atoms in total. The zero-order chi connectivity index (χ0) is 26.1. The number of hydrogen-bond donors (Lipinski definition) is 1. The molecule has 1 aliphatic heterocycles. The number of rotatable bonds is 2. The number of ether oxygens (including phenoxy) is 3. The number of hydrogen-bond acceptors (Lipinski definition) is 7. The predicted molar refractivity (Wildman–Crippen MR) is 136 cm³/mol. The molecule has 7 rings (SSSR count). The van der Waals surface area contributed by atoms with Gasteiger partial charge in [-0.3, -0.25) is 4.79 Å². The Kier molecular flexibility index (Phi) is 4.55. The van der Waals surface area contributed by atoms with Crippen molar-refractivity contribution in [2.75, 3.05) is 6.61 Å². The summed E-state index contributed by atoms with van der Waals surface area (Å²) in [6.07, 6.45) is 6.56. The highest BCUT2D eigenvalue weighted by molar-refractivity contribution is 5.95. The summed E-state index contributed by atoms with van der Waals surface area (Å²) in [5.41, 5.74) is -0.469. The van der Waals surface area contributed by atoms with Crippen molar-refractivity contribution in [1.29, 1.82) is 0 Å². The van der Waals surface area contributed by atoms with E-state index in [1.165, 1.54) is 0 Å². The van der Waals surface area contributed by atoms with Crippen LogP contribution in [0.1, 0.15) is 48.0 Å². The van der Waals surface area contributed by atoms with Gasteiger partial charge in [0, 0.05) is 12.1 Å². The smallest absolute Gasteiger partial charge is 0.225 e. The second-order valence-electron chi connectivity index (χ2n) is 12.9. The molecule has 1 spiro atoms. The Labute approximate surface area is 216 Å². The summed E-state index contributed by atoms with van der Waals surface area (Å²) in [5, 5.41) is 13.9. The summed E-state index contributed by atoms with van der Waals surface area (Å²) in [6, 6.07) is 3.59. The standard InChI is InChI=1S/C30H35NO6/c1-15-13-29-16(2)11-20-22(27(20,3)4)19(23(29)32)12-17-14-35-28(5,6)37-25(17)30(29,33)24(15)36-26-18-8-10-34-21(18)7-9-31-26/h7-10,12-13,16,19-20,22,24-25,33H,11,14H2,1-6H3/t16-,19+,20-,22+,24+,25-,29+,30-/m1/s1. The van der Waals surface area contributed by atoms with Gasteiger partial charge in [0.1, 0.15) is 11.7 Å². The van der Waals surface area contributed by atoms with Crippen molar-refractivity contribution in [1.82, 2.24) is 4.98 Å². The minimum absolute atomic E-state index is 0.0730. The molecular weight excluding hydrogens is 470 g/mol. The van der Waals surface area contributed by atoms with E-state index in [0.717, 1.165) is 23.0 Å². The Balaban J connectivity index is 1.44. The number of carbonyl (C=O) groups is 1. The third-order valence-corrected chi connectivity index (χ3v) is 10.2. The van der Waals surface area contributed by atoms with Gasteiger partial charge in [0.2, 0.25) is 5.88 Å². The van der Waals surface area contributed by atoms with Crippen LogP contribution < -0.4 is 4.74 Å². The number of allylic oxidation sites excluding steroid dienone is 1. The summed E-state index contributed by atoms with van der Waals surface area (Å²) in [7, 11) is 0. The molecule has 3 heterocycles. The number of aromatic nitrogens is 1. The third-order valence-electron chi connectivity index (χ3n) is 10.2. The van der Waals surface area contributed by atoms with Crippen LogP contribution in [0.5, 0.6) is 5.88 Å². The molecule has 2 saturated carbocycles. The molecule has 3 fully saturated rings. The Morgan fingerprint density at radius 3 is 2.76 bits per heavy atom. The molecule has 7 heteroatoms. The maximum Gasteiger partial charge on any atom is 0.225 e. The van der Waals surface area contributed by atoms with Crippen LogP contribution in [-0.2, 0) is 14.3 Å². The minimum atomic E-state index is -1.68. The molecule has 2 bridgehead atoms. The molecule has 5 aliphatic rings. The lowest BCUT2D eigenvalue weighted by Crippen LogP contribution is -2.68. The molecule has 37 heavy (non-hydrogen) atoms. The second-order valence-corrected chi connectivity index (χ2v) is 12.9. The van der Waals surface area contributed by atoms with Gasteiger partial charge in [0.15, 0.2) is 23.3 Å². The summed E-state index contributed by atoms with van der Waals surface area (Å²) in [6.45, 7) is 12.6. The summed E-state index contributed by atoms with van der Waals surface area (Å²) < 4.78 is 24.8. The van der Waals surface area contributed by atoms with E-state index in [0.29, 0.717) is 24.0 Å². The number of fused-ring (bicyclic) bond motifs is 6. The first kappa shape index (κ1) is 23.6. The lowest BCUT2D eigenvalue weighted by molar-refractivity contribution is -0.301. The molecule has 1 N–H and O–H groups in total. The van der Waals surface area contributed by atoms with Gasteiger partial charge in [0.05, 0.1) is 23.7 Å². The Morgan fingerprint density at radius 2 is 1.97 bits per heavy atom. The fourth-order valence-corrected chi connectivity index (χ4v) is 8.37. The molecule has 1 saturated heterocycles. The van der Waals surface area contributed by atoms with Crippen LogP contribution in [0.25, 0.3) is 11.0 Å². The normalized spacial score (nSPS) is 43.1. The fraction of sp³-hybridized carbons (Fsp3) is 0.600. The van der Waals surface area contributed by atoms with Crippen molar-refractivity contribution in [2.24, 2.45) is 34.5 Å². The van der Waals surface area contributed by atoms with Gasteiger partial charge < -0.3 is 23.7 Å². The number of aliphatic hydroxyl groups is 1. The fourth-order valence-electron chi connectivity index (χ4n) is 8.37.